The number of cyclic esters (lactones) is 1. The molecule has 3 aliphatic rings. The molecule has 4 rings (SSSR count). The Morgan fingerprint density at radius 3 is 2.50 bits per heavy atom. The predicted molar refractivity (Wildman–Crippen MR) is 99.0 cm³/mol. The van der Waals surface area contributed by atoms with Crippen molar-refractivity contribution in [2.75, 3.05) is 49.2 Å². The van der Waals surface area contributed by atoms with E-state index < -0.39 is 35.8 Å². The SMILES string of the molecule is CC(=O)NC[C@H]1CN(c2cc(F)c(N3CCC4(OCCO4)C(F)C3)c(F)c2)C(=O)O1. The smallest absolute Gasteiger partial charge is 0.414 e. The zero-order valence-corrected chi connectivity index (χ0v) is 16.3. The number of nitrogens with one attached hydrogen (secondary N) is 1. The van der Waals surface area contributed by atoms with Gasteiger partial charge < -0.3 is 24.4 Å². The molecule has 1 aromatic rings. The molecule has 2 amide bonds. The summed E-state index contributed by atoms with van der Waals surface area (Å²) < 4.78 is 60.2. The van der Waals surface area contributed by atoms with E-state index in [0.717, 1.165) is 17.0 Å². The summed E-state index contributed by atoms with van der Waals surface area (Å²) >= 11 is 0. The number of amides is 2. The first kappa shape index (κ1) is 20.7. The molecule has 0 aliphatic carbocycles. The van der Waals surface area contributed by atoms with Gasteiger partial charge in [-0.2, -0.15) is 0 Å². The van der Waals surface area contributed by atoms with E-state index in [1.165, 1.54) is 11.8 Å². The lowest BCUT2D eigenvalue weighted by atomic mass is 10.0. The highest BCUT2D eigenvalue weighted by atomic mass is 19.1. The highest BCUT2D eigenvalue weighted by molar-refractivity contribution is 5.90. The van der Waals surface area contributed by atoms with Crippen LogP contribution in [-0.2, 0) is 19.0 Å². The van der Waals surface area contributed by atoms with E-state index in [2.05, 4.69) is 5.32 Å². The average Bonchev–Trinajstić information content (AvgIpc) is 3.30. The maximum Gasteiger partial charge on any atom is 0.414 e. The lowest BCUT2D eigenvalue weighted by Crippen LogP contribution is -2.54. The van der Waals surface area contributed by atoms with Gasteiger partial charge in [-0.25, -0.2) is 18.0 Å². The van der Waals surface area contributed by atoms with Gasteiger partial charge in [0.25, 0.3) is 0 Å². The van der Waals surface area contributed by atoms with Crippen LogP contribution >= 0.6 is 0 Å². The van der Waals surface area contributed by atoms with Crippen molar-refractivity contribution >= 4 is 23.4 Å². The minimum absolute atomic E-state index is 0.0168. The number of piperidine rings is 1. The van der Waals surface area contributed by atoms with Crippen molar-refractivity contribution < 1.29 is 37.0 Å². The number of ether oxygens (including phenoxy) is 3. The van der Waals surface area contributed by atoms with Gasteiger partial charge in [-0.3, -0.25) is 9.69 Å². The molecule has 1 unspecified atom stereocenters. The minimum atomic E-state index is -1.56. The Kier molecular flexibility index (Phi) is 5.49. The number of hydrogen-bond donors (Lipinski definition) is 1. The van der Waals surface area contributed by atoms with E-state index in [4.69, 9.17) is 14.2 Å². The molecule has 3 aliphatic heterocycles. The summed E-state index contributed by atoms with van der Waals surface area (Å²) in [7, 11) is 0. The van der Waals surface area contributed by atoms with Crippen molar-refractivity contribution in [2.45, 2.75) is 31.4 Å². The van der Waals surface area contributed by atoms with Gasteiger partial charge in [0, 0.05) is 32.0 Å². The van der Waals surface area contributed by atoms with Gasteiger partial charge >= 0.3 is 6.09 Å². The summed E-state index contributed by atoms with van der Waals surface area (Å²) in [4.78, 5) is 25.5. The molecule has 164 valence electrons. The Morgan fingerprint density at radius 1 is 1.23 bits per heavy atom. The van der Waals surface area contributed by atoms with Crippen molar-refractivity contribution in [3.05, 3.63) is 23.8 Å². The van der Waals surface area contributed by atoms with Crippen LogP contribution in [0.15, 0.2) is 12.1 Å². The molecule has 1 spiro atoms. The van der Waals surface area contributed by atoms with Crippen molar-refractivity contribution in [3.8, 4) is 0 Å². The lowest BCUT2D eigenvalue weighted by molar-refractivity contribution is -0.207. The Balaban J connectivity index is 1.49. The zero-order chi connectivity index (χ0) is 21.5. The summed E-state index contributed by atoms with van der Waals surface area (Å²) in [5, 5.41) is 2.53. The van der Waals surface area contributed by atoms with Crippen molar-refractivity contribution in [1.82, 2.24) is 5.32 Å². The van der Waals surface area contributed by atoms with Gasteiger partial charge in [0.1, 0.15) is 11.8 Å². The van der Waals surface area contributed by atoms with E-state index in [1.54, 1.807) is 0 Å². The van der Waals surface area contributed by atoms with Crippen LogP contribution in [0.25, 0.3) is 0 Å². The molecular weight excluding hydrogens is 407 g/mol. The Hall–Kier alpha value is -2.53. The summed E-state index contributed by atoms with van der Waals surface area (Å²) in [6, 6.07) is 2.03. The van der Waals surface area contributed by atoms with Crippen LogP contribution in [0.4, 0.5) is 29.3 Å². The number of anilines is 2. The van der Waals surface area contributed by atoms with Crippen LogP contribution < -0.4 is 15.1 Å². The van der Waals surface area contributed by atoms with Crippen molar-refractivity contribution in [1.29, 1.82) is 0 Å². The van der Waals surface area contributed by atoms with Gasteiger partial charge in [-0.1, -0.05) is 0 Å². The second-order valence-electron chi connectivity index (χ2n) is 7.48. The standard InChI is InChI=1S/C19H22F3N3O5/c1-11(26)23-8-13-9-25(18(27)30-13)12-6-14(20)17(15(21)7-12)24-3-2-19(16(22)10-24)28-4-5-29-19/h6-7,13,16H,2-5,8-10H2,1H3,(H,23,26)/t13-,16?/m0/s1. The number of alkyl halides is 1. The molecule has 2 atom stereocenters. The molecule has 1 aromatic carbocycles. The number of nitrogens with zero attached hydrogens (tertiary/aromatic N) is 2. The molecule has 0 bridgehead atoms. The van der Waals surface area contributed by atoms with Gasteiger partial charge in [-0.05, 0) is 0 Å². The summed E-state index contributed by atoms with van der Waals surface area (Å²) in [5.74, 6) is -3.46. The molecule has 3 heterocycles. The Bertz CT molecular complexity index is 826. The third-order valence-electron chi connectivity index (χ3n) is 5.45. The molecule has 30 heavy (non-hydrogen) atoms. The maximum atomic E-state index is 14.8. The van der Waals surface area contributed by atoms with Crippen LogP contribution in [-0.4, -0.2) is 69.5 Å². The Morgan fingerprint density at radius 2 is 1.90 bits per heavy atom. The summed E-state index contributed by atoms with van der Waals surface area (Å²) in [5.41, 5.74) is -0.381. The molecule has 11 heteroatoms. The first-order valence-electron chi connectivity index (χ1n) is 9.67. The number of carbonyl (C=O) groups is 2. The molecule has 0 saturated carbocycles. The summed E-state index contributed by atoms with van der Waals surface area (Å²) in [6.45, 7) is 1.89. The third kappa shape index (κ3) is 3.79. The van der Waals surface area contributed by atoms with Gasteiger partial charge in [0.05, 0.1) is 38.5 Å². The van der Waals surface area contributed by atoms with Crippen molar-refractivity contribution in [3.63, 3.8) is 0 Å². The second-order valence-corrected chi connectivity index (χ2v) is 7.48. The van der Waals surface area contributed by atoms with Crippen LogP contribution in [0.1, 0.15) is 13.3 Å². The zero-order valence-electron chi connectivity index (χ0n) is 16.3. The highest BCUT2D eigenvalue weighted by Crippen LogP contribution is 2.38. The number of rotatable bonds is 4. The van der Waals surface area contributed by atoms with E-state index >= 15 is 0 Å². The van der Waals surface area contributed by atoms with E-state index in [1.807, 2.05) is 0 Å². The quantitative estimate of drug-likeness (QED) is 0.785. The van der Waals surface area contributed by atoms with E-state index in [9.17, 15) is 22.8 Å². The topological polar surface area (TPSA) is 80.3 Å². The van der Waals surface area contributed by atoms with Crippen LogP contribution in [0.5, 0.6) is 0 Å². The van der Waals surface area contributed by atoms with Crippen molar-refractivity contribution in [2.24, 2.45) is 0 Å². The number of carbonyl (C=O) groups excluding carboxylic acids is 2. The largest absolute Gasteiger partial charge is 0.442 e. The Labute approximate surface area is 170 Å². The molecule has 3 fully saturated rings. The first-order chi connectivity index (χ1) is 14.3. The molecule has 8 nitrogen and oxygen atoms in total. The van der Waals surface area contributed by atoms with E-state index in [-0.39, 0.29) is 63.1 Å². The van der Waals surface area contributed by atoms with Crippen LogP contribution in [0, 0.1) is 11.6 Å². The fourth-order valence-corrected chi connectivity index (χ4v) is 3.98. The average molecular weight is 429 g/mol. The minimum Gasteiger partial charge on any atom is -0.442 e. The molecule has 3 saturated heterocycles. The molecule has 1 N–H and O–H groups in total. The van der Waals surface area contributed by atoms with Crippen LogP contribution in [0.2, 0.25) is 0 Å². The fourth-order valence-electron chi connectivity index (χ4n) is 3.98. The summed E-state index contributed by atoms with van der Waals surface area (Å²) in [6.07, 6.45) is -2.83. The maximum absolute atomic E-state index is 14.8. The third-order valence-corrected chi connectivity index (χ3v) is 5.45. The van der Waals surface area contributed by atoms with E-state index in [0.29, 0.717) is 0 Å². The first-order valence-corrected chi connectivity index (χ1v) is 9.67. The molecule has 0 radical (unpaired) electrons. The fraction of sp³-hybridized carbons (Fsp3) is 0.579. The predicted octanol–water partition coefficient (Wildman–Crippen LogP) is 1.72. The number of benzene rings is 1. The van der Waals surface area contributed by atoms with Crippen LogP contribution in [0.3, 0.4) is 0 Å². The molecule has 0 aromatic heterocycles. The number of halogens is 3. The number of hydrogen-bond acceptors (Lipinski definition) is 6. The second kappa shape index (κ2) is 7.95. The van der Waals surface area contributed by atoms with Gasteiger partial charge in [-0.15, -0.1) is 0 Å². The van der Waals surface area contributed by atoms with Gasteiger partial charge in [0.15, 0.2) is 17.8 Å². The van der Waals surface area contributed by atoms with Gasteiger partial charge in [0.2, 0.25) is 11.7 Å². The highest BCUT2D eigenvalue weighted by Gasteiger charge is 2.49. The monoisotopic (exact) mass is 429 g/mol. The lowest BCUT2D eigenvalue weighted by Gasteiger charge is -2.41. The molecular formula is C19H22F3N3O5. The normalized spacial score (nSPS) is 25.7.